The minimum atomic E-state index is -4.34. The molecule has 1 heterocycles. The third-order valence-corrected chi connectivity index (χ3v) is 6.64. The lowest BCUT2D eigenvalue weighted by molar-refractivity contribution is 0.0958. The van der Waals surface area contributed by atoms with Crippen molar-refractivity contribution in [3.63, 3.8) is 0 Å². The van der Waals surface area contributed by atoms with Crippen molar-refractivity contribution in [1.29, 1.82) is 0 Å². The minimum Gasteiger partial charge on any atom is -0.354 e. The van der Waals surface area contributed by atoms with Crippen LogP contribution >= 0.6 is 0 Å². The molecule has 0 saturated carbocycles. The number of aryl methyl sites for hydroxylation is 1. The zero-order valence-electron chi connectivity index (χ0n) is 16.0. The van der Waals surface area contributed by atoms with Gasteiger partial charge in [-0.05, 0) is 66.6 Å². The highest BCUT2D eigenvalue weighted by molar-refractivity contribution is 7.92. The zero-order valence-corrected chi connectivity index (χ0v) is 16.8. The lowest BCUT2D eigenvalue weighted by Gasteiger charge is -2.21. The lowest BCUT2D eigenvalue weighted by atomic mass is 10.0. The summed E-state index contributed by atoms with van der Waals surface area (Å²) in [5.74, 6) is -2.88. The van der Waals surface area contributed by atoms with Crippen LogP contribution in [0.15, 0.2) is 59.6 Å². The minimum absolute atomic E-state index is 0.0383. The molecule has 1 aromatic heterocycles. The average molecular weight is 434 g/mol. The second kappa shape index (κ2) is 8.27. The monoisotopic (exact) mass is 434 g/mol. The standard InChI is InChI=1S/C21H17F3N2O3S/c1-12-9-19(21(27)25-2)26-11-17(12)20(16-10-14(23)5-8-18(16)24)30(28,29)15-6-3-13(22)4-7-15/h3-11,20H,1-2H3,(H,25,27). The van der Waals surface area contributed by atoms with Crippen molar-refractivity contribution in [3.05, 3.63) is 94.6 Å². The van der Waals surface area contributed by atoms with Crippen molar-refractivity contribution >= 4 is 15.7 Å². The number of pyridine rings is 1. The van der Waals surface area contributed by atoms with Gasteiger partial charge in [-0.2, -0.15) is 0 Å². The van der Waals surface area contributed by atoms with Gasteiger partial charge in [-0.3, -0.25) is 9.78 Å². The van der Waals surface area contributed by atoms with E-state index < -0.39 is 44.0 Å². The van der Waals surface area contributed by atoms with Gasteiger partial charge in [0.15, 0.2) is 9.84 Å². The molecule has 5 nitrogen and oxygen atoms in total. The second-order valence-corrected chi connectivity index (χ2v) is 8.58. The maximum atomic E-state index is 14.6. The highest BCUT2D eigenvalue weighted by atomic mass is 32.2. The number of nitrogens with zero attached hydrogens (tertiary/aromatic N) is 1. The number of halogens is 3. The number of carbonyl (C=O) groups is 1. The predicted octanol–water partition coefficient (Wildman–Crippen LogP) is 3.73. The zero-order chi connectivity index (χ0) is 22.1. The highest BCUT2D eigenvalue weighted by Crippen LogP contribution is 2.38. The van der Waals surface area contributed by atoms with Crippen LogP contribution in [0.25, 0.3) is 0 Å². The number of aromatic nitrogens is 1. The number of sulfone groups is 1. The molecule has 0 aliphatic carbocycles. The molecule has 1 unspecified atom stereocenters. The van der Waals surface area contributed by atoms with Crippen LogP contribution in [0.2, 0.25) is 0 Å². The fraction of sp³-hybridized carbons (Fsp3) is 0.143. The molecule has 0 saturated heterocycles. The maximum absolute atomic E-state index is 14.6. The van der Waals surface area contributed by atoms with Gasteiger partial charge in [-0.15, -0.1) is 0 Å². The van der Waals surface area contributed by atoms with E-state index in [1.807, 2.05) is 0 Å². The van der Waals surface area contributed by atoms with Gasteiger partial charge >= 0.3 is 0 Å². The molecule has 9 heteroatoms. The number of hydrogen-bond acceptors (Lipinski definition) is 4. The molecule has 1 amide bonds. The van der Waals surface area contributed by atoms with Crippen LogP contribution in [-0.2, 0) is 9.84 Å². The Labute approximate surface area is 171 Å². The summed E-state index contributed by atoms with van der Waals surface area (Å²) in [6, 6.07) is 7.90. The first-order valence-electron chi connectivity index (χ1n) is 8.78. The molecule has 156 valence electrons. The van der Waals surface area contributed by atoms with Gasteiger partial charge in [0.1, 0.15) is 28.4 Å². The first-order chi connectivity index (χ1) is 14.1. The van der Waals surface area contributed by atoms with Crippen LogP contribution in [0.1, 0.15) is 32.4 Å². The average Bonchev–Trinajstić information content (AvgIpc) is 2.71. The number of amides is 1. The Hall–Kier alpha value is -3.20. The summed E-state index contributed by atoms with van der Waals surface area (Å²) in [5, 5.41) is 0.740. The van der Waals surface area contributed by atoms with Crippen LogP contribution in [0.3, 0.4) is 0 Å². The van der Waals surface area contributed by atoms with Crippen molar-refractivity contribution in [2.75, 3.05) is 7.05 Å². The van der Waals surface area contributed by atoms with Crippen LogP contribution in [0, 0.1) is 24.4 Å². The summed E-state index contributed by atoms with van der Waals surface area (Å²) < 4.78 is 68.7. The number of nitrogens with one attached hydrogen (secondary N) is 1. The molecule has 0 spiro atoms. The van der Waals surface area contributed by atoms with E-state index in [0.717, 1.165) is 48.7 Å². The molecule has 30 heavy (non-hydrogen) atoms. The molecular formula is C21H17F3N2O3S. The molecule has 0 radical (unpaired) electrons. The van der Waals surface area contributed by atoms with Gasteiger partial charge in [0.2, 0.25) is 0 Å². The third kappa shape index (κ3) is 4.06. The quantitative estimate of drug-likeness (QED) is 0.621. The SMILES string of the molecule is CNC(=O)c1cc(C)c(C(c2cc(F)ccc2F)S(=O)(=O)c2ccc(F)cc2)cn1. The third-order valence-electron chi connectivity index (χ3n) is 4.59. The van der Waals surface area contributed by atoms with E-state index in [2.05, 4.69) is 10.3 Å². The fourth-order valence-corrected chi connectivity index (χ4v) is 4.95. The normalized spacial score (nSPS) is 12.4. The fourth-order valence-electron chi connectivity index (χ4n) is 3.07. The Bertz CT molecular complexity index is 1210. The first-order valence-corrected chi connectivity index (χ1v) is 10.3. The van der Waals surface area contributed by atoms with E-state index in [4.69, 9.17) is 0 Å². The van der Waals surface area contributed by atoms with E-state index in [-0.39, 0.29) is 16.2 Å². The van der Waals surface area contributed by atoms with Crippen LogP contribution < -0.4 is 5.32 Å². The van der Waals surface area contributed by atoms with Crippen LogP contribution in [0.4, 0.5) is 13.2 Å². The summed E-state index contributed by atoms with van der Waals surface area (Å²) in [7, 11) is -2.92. The number of carbonyl (C=O) groups excluding carboxylic acids is 1. The van der Waals surface area contributed by atoms with E-state index in [9.17, 15) is 26.4 Å². The van der Waals surface area contributed by atoms with Gasteiger partial charge in [0, 0.05) is 18.8 Å². The Balaban J connectivity index is 2.27. The molecular weight excluding hydrogens is 417 g/mol. The predicted molar refractivity (Wildman–Crippen MR) is 104 cm³/mol. The molecule has 1 atom stereocenters. The lowest BCUT2D eigenvalue weighted by Crippen LogP contribution is -2.21. The summed E-state index contributed by atoms with van der Waals surface area (Å²) in [6.07, 6.45) is 1.15. The molecule has 2 aromatic carbocycles. The Morgan fingerprint density at radius 2 is 1.60 bits per heavy atom. The molecule has 1 N–H and O–H groups in total. The second-order valence-electron chi connectivity index (χ2n) is 6.55. The van der Waals surface area contributed by atoms with E-state index in [1.54, 1.807) is 0 Å². The van der Waals surface area contributed by atoms with Crippen LogP contribution in [0.5, 0.6) is 0 Å². The summed E-state index contributed by atoms with van der Waals surface area (Å²) in [4.78, 5) is 15.5. The summed E-state index contributed by atoms with van der Waals surface area (Å²) in [6.45, 7) is 1.54. The molecule has 3 rings (SSSR count). The van der Waals surface area contributed by atoms with E-state index in [1.165, 1.54) is 20.0 Å². The molecule has 0 aliphatic heterocycles. The largest absolute Gasteiger partial charge is 0.354 e. The molecule has 3 aromatic rings. The van der Waals surface area contributed by atoms with Crippen LogP contribution in [-0.4, -0.2) is 26.4 Å². The van der Waals surface area contributed by atoms with E-state index in [0.29, 0.717) is 5.56 Å². The number of benzene rings is 2. The van der Waals surface area contributed by atoms with Gasteiger partial charge in [-0.25, -0.2) is 21.6 Å². The van der Waals surface area contributed by atoms with Crippen molar-refractivity contribution in [2.24, 2.45) is 0 Å². The van der Waals surface area contributed by atoms with Crippen molar-refractivity contribution in [1.82, 2.24) is 10.3 Å². The molecule has 0 aliphatic rings. The Morgan fingerprint density at radius 1 is 0.967 bits per heavy atom. The van der Waals surface area contributed by atoms with Crippen molar-refractivity contribution in [2.45, 2.75) is 17.1 Å². The number of rotatable bonds is 5. The van der Waals surface area contributed by atoms with Gasteiger partial charge in [0.25, 0.3) is 5.91 Å². The van der Waals surface area contributed by atoms with Gasteiger partial charge in [-0.1, -0.05) is 0 Å². The van der Waals surface area contributed by atoms with E-state index >= 15 is 0 Å². The number of hydrogen-bond donors (Lipinski definition) is 1. The highest BCUT2D eigenvalue weighted by Gasteiger charge is 2.35. The smallest absolute Gasteiger partial charge is 0.269 e. The van der Waals surface area contributed by atoms with Crippen molar-refractivity contribution in [3.8, 4) is 0 Å². The summed E-state index contributed by atoms with van der Waals surface area (Å²) in [5.41, 5.74) is 0.0211. The van der Waals surface area contributed by atoms with Crippen molar-refractivity contribution < 1.29 is 26.4 Å². The maximum Gasteiger partial charge on any atom is 0.269 e. The first kappa shape index (κ1) is 21.5. The molecule has 0 fully saturated rings. The topological polar surface area (TPSA) is 76.1 Å². The molecule has 0 bridgehead atoms. The Kier molecular flexibility index (Phi) is 5.93. The van der Waals surface area contributed by atoms with Gasteiger partial charge in [0.05, 0.1) is 4.90 Å². The van der Waals surface area contributed by atoms with Gasteiger partial charge < -0.3 is 5.32 Å². The Morgan fingerprint density at radius 3 is 2.20 bits per heavy atom. The summed E-state index contributed by atoms with van der Waals surface area (Å²) >= 11 is 0.